The number of thioether (sulfide) groups is 1. The van der Waals surface area contributed by atoms with E-state index in [9.17, 15) is 8.78 Å². The van der Waals surface area contributed by atoms with E-state index in [4.69, 9.17) is 0 Å². The van der Waals surface area contributed by atoms with Gasteiger partial charge in [-0.2, -0.15) is 18.1 Å². The maximum Gasteiger partial charge on any atom is 0.387 e. The van der Waals surface area contributed by atoms with Gasteiger partial charge in [-0.15, -0.1) is 10.2 Å². The zero-order chi connectivity index (χ0) is 21.1. The van der Waals surface area contributed by atoms with Crippen LogP contribution in [0.3, 0.4) is 0 Å². The van der Waals surface area contributed by atoms with Crippen LogP contribution in [0.5, 0.6) is 5.75 Å². The fraction of sp³-hybridized carbons (Fsp3) is 0.222. The second-order valence-electron chi connectivity index (χ2n) is 6.33. The molecule has 0 aliphatic heterocycles. The van der Waals surface area contributed by atoms with E-state index in [1.807, 2.05) is 26.0 Å². The maximum atomic E-state index is 12.3. The number of ether oxygens (including phenoxy) is 1. The van der Waals surface area contributed by atoms with Crippen LogP contribution in [0.25, 0.3) is 11.4 Å². The number of aromatic nitrogens is 8. The van der Waals surface area contributed by atoms with Crippen LogP contribution >= 0.6 is 11.8 Å². The van der Waals surface area contributed by atoms with Crippen LogP contribution in [0.4, 0.5) is 8.78 Å². The lowest BCUT2D eigenvalue weighted by Crippen LogP contribution is -2.05. The van der Waals surface area contributed by atoms with Gasteiger partial charge < -0.3 is 4.74 Å². The van der Waals surface area contributed by atoms with Gasteiger partial charge >= 0.3 is 6.61 Å². The molecule has 0 spiro atoms. The first-order chi connectivity index (χ1) is 14.5. The fourth-order valence-electron chi connectivity index (χ4n) is 2.86. The number of tetrazole rings is 2. The van der Waals surface area contributed by atoms with Crippen LogP contribution in [0.1, 0.15) is 17.0 Å². The Balaban J connectivity index is 1.52. The summed E-state index contributed by atoms with van der Waals surface area (Å²) in [5.74, 6) is 1.01. The Morgan fingerprint density at radius 1 is 0.967 bits per heavy atom. The molecule has 12 heteroatoms. The molecule has 2 aromatic carbocycles. The van der Waals surface area contributed by atoms with Gasteiger partial charge in [-0.3, -0.25) is 0 Å². The third kappa shape index (κ3) is 4.27. The summed E-state index contributed by atoms with van der Waals surface area (Å²) in [5.41, 5.74) is 3.72. The van der Waals surface area contributed by atoms with Crippen molar-refractivity contribution in [1.82, 2.24) is 40.4 Å². The number of benzene rings is 2. The number of aryl methyl sites for hydroxylation is 2. The Morgan fingerprint density at radius 2 is 1.70 bits per heavy atom. The predicted octanol–water partition coefficient (Wildman–Crippen LogP) is 3.15. The molecule has 0 atom stereocenters. The summed E-state index contributed by atoms with van der Waals surface area (Å²) in [6.07, 6.45) is 0. The highest BCUT2D eigenvalue weighted by molar-refractivity contribution is 7.98. The molecule has 0 saturated carbocycles. The molecule has 2 aromatic heterocycles. The summed E-state index contributed by atoms with van der Waals surface area (Å²) >= 11 is 1.38. The monoisotopic (exact) mass is 430 g/mol. The van der Waals surface area contributed by atoms with Crippen molar-refractivity contribution in [2.24, 2.45) is 0 Å². The van der Waals surface area contributed by atoms with Crippen molar-refractivity contribution in [2.75, 3.05) is 0 Å². The summed E-state index contributed by atoms with van der Waals surface area (Å²) in [7, 11) is 0. The Morgan fingerprint density at radius 3 is 2.43 bits per heavy atom. The lowest BCUT2D eigenvalue weighted by molar-refractivity contribution is -0.0498. The highest BCUT2D eigenvalue weighted by Gasteiger charge is 2.15. The molecule has 0 saturated heterocycles. The van der Waals surface area contributed by atoms with Crippen molar-refractivity contribution in [1.29, 1.82) is 0 Å². The lowest BCUT2D eigenvalue weighted by atomic mass is 10.1. The second kappa shape index (κ2) is 8.53. The van der Waals surface area contributed by atoms with Crippen molar-refractivity contribution < 1.29 is 13.5 Å². The van der Waals surface area contributed by atoms with E-state index >= 15 is 0 Å². The van der Waals surface area contributed by atoms with Gasteiger partial charge in [0.25, 0.3) is 0 Å². The van der Waals surface area contributed by atoms with Gasteiger partial charge in [-0.1, -0.05) is 29.5 Å². The molecule has 4 rings (SSSR count). The number of alkyl halides is 2. The lowest BCUT2D eigenvalue weighted by Gasteiger charge is -2.09. The molecule has 0 N–H and O–H groups in total. The fourth-order valence-corrected chi connectivity index (χ4v) is 3.65. The molecule has 30 heavy (non-hydrogen) atoms. The molecule has 154 valence electrons. The first-order valence-corrected chi connectivity index (χ1v) is 9.81. The Kier molecular flexibility index (Phi) is 5.65. The normalized spacial score (nSPS) is 11.2. The molecule has 0 amide bonds. The number of hydrogen-bond donors (Lipinski definition) is 0. The number of nitrogens with zero attached hydrogens (tertiary/aromatic N) is 8. The van der Waals surface area contributed by atoms with Gasteiger partial charge in [0.05, 0.1) is 17.1 Å². The number of halogens is 2. The van der Waals surface area contributed by atoms with Gasteiger partial charge in [0.1, 0.15) is 5.75 Å². The largest absolute Gasteiger partial charge is 0.435 e. The van der Waals surface area contributed by atoms with Gasteiger partial charge in [-0.25, -0.2) is 0 Å². The minimum absolute atomic E-state index is 0.0605. The van der Waals surface area contributed by atoms with Crippen molar-refractivity contribution in [3.8, 4) is 17.1 Å². The summed E-state index contributed by atoms with van der Waals surface area (Å²) < 4.78 is 32.2. The van der Waals surface area contributed by atoms with Gasteiger partial charge in [-0.05, 0) is 70.6 Å². The minimum Gasteiger partial charge on any atom is -0.435 e. The van der Waals surface area contributed by atoms with Crippen molar-refractivity contribution in [3.63, 3.8) is 0 Å². The van der Waals surface area contributed by atoms with Crippen molar-refractivity contribution >= 4 is 11.8 Å². The smallest absolute Gasteiger partial charge is 0.387 e. The quantitative estimate of drug-likeness (QED) is 0.413. The Bertz CT molecular complexity index is 1150. The molecule has 9 nitrogen and oxygen atoms in total. The highest BCUT2D eigenvalue weighted by Crippen LogP contribution is 2.25. The zero-order valence-corrected chi connectivity index (χ0v) is 16.8. The van der Waals surface area contributed by atoms with E-state index in [0.717, 1.165) is 16.8 Å². The van der Waals surface area contributed by atoms with E-state index in [1.54, 1.807) is 16.8 Å². The van der Waals surface area contributed by atoms with Crippen LogP contribution < -0.4 is 4.74 Å². The third-order valence-corrected chi connectivity index (χ3v) is 5.11. The van der Waals surface area contributed by atoms with Crippen molar-refractivity contribution in [2.45, 2.75) is 31.4 Å². The Hall–Kier alpha value is -3.41. The summed E-state index contributed by atoms with van der Waals surface area (Å²) in [6, 6.07) is 12.1. The van der Waals surface area contributed by atoms with E-state index in [2.05, 4.69) is 41.9 Å². The molecule has 2 heterocycles. The first-order valence-electron chi connectivity index (χ1n) is 8.82. The van der Waals surface area contributed by atoms with Crippen LogP contribution in [0.15, 0.2) is 47.6 Å². The van der Waals surface area contributed by atoms with Gasteiger partial charge in [0.15, 0.2) is 5.82 Å². The van der Waals surface area contributed by atoms with E-state index < -0.39 is 6.61 Å². The SMILES string of the molecule is Cc1ccc(-n2nnnc2SCc2nnnn2-c2ccc(OC(F)F)cc2)c(C)c1. The van der Waals surface area contributed by atoms with Crippen LogP contribution in [0, 0.1) is 13.8 Å². The van der Waals surface area contributed by atoms with Gasteiger partial charge in [0, 0.05) is 0 Å². The van der Waals surface area contributed by atoms with E-state index in [-0.39, 0.29) is 5.75 Å². The minimum atomic E-state index is -2.88. The molecular weight excluding hydrogens is 414 g/mol. The molecular formula is C18H16F2N8OS. The topological polar surface area (TPSA) is 96.4 Å². The predicted molar refractivity (Wildman–Crippen MR) is 104 cm³/mol. The standard InChI is InChI=1S/C18H16F2N8OS/c1-11-3-8-15(12(2)9-11)28-18(22-24-26-28)30-10-16-21-23-25-27(16)13-4-6-14(7-5-13)29-17(19)20/h3-9,17H,10H2,1-2H3. The number of hydrogen-bond acceptors (Lipinski definition) is 8. The number of rotatable bonds is 7. The first kappa shape index (κ1) is 19.9. The third-order valence-electron chi connectivity index (χ3n) is 4.19. The average Bonchev–Trinajstić information content (AvgIpc) is 3.36. The second-order valence-corrected chi connectivity index (χ2v) is 7.27. The zero-order valence-electron chi connectivity index (χ0n) is 16.0. The van der Waals surface area contributed by atoms with Crippen LogP contribution in [-0.2, 0) is 5.75 Å². The van der Waals surface area contributed by atoms with Gasteiger partial charge in [0.2, 0.25) is 5.16 Å². The molecule has 4 aromatic rings. The van der Waals surface area contributed by atoms with Crippen LogP contribution in [0.2, 0.25) is 0 Å². The molecule has 0 bridgehead atoms. The molecule has 0 aliphatic carbocycles. The summed E-state index contributed by atoms with van der Waals surface area (Å²) in [4.78, 5) is 0. The average molecular weight is 430 g/mol. The highest BCUT2D eigenvalue weighted by atomic mass is 32.2. The molecule has 0 aliphatic rings. The molecule has 0 fully saturated rings. The van der Waals surface area contributed by atoms with E-state index in [0.29, 0.717) is 22.4 Å². The van der Waals surface area contributed by atoms with Crippen LogP contribution in [-0.4, -0.2) is 47.0 Å². The molecule has 0 unspecified atom stereocenters. The maximum absolute atomic E-state index is 12.3. The molecule has 0 radical (unpaired) electrons. The summed E-state index contributed by atoms with van der Waals surface area (Å²) in [6.45, 7) is 1.15. The van der Waals surface area contributed by atoms with E-state index in [1.165, 1.54) is 28.6 Å². The van der Waals surface area contributed by atoms with Crippen molar-refractivity contribution in [3.05, 3.63) is 59.4 Å². The Labute approximate surface area is 174 Å². The summed E-state index contributed by atoms with van der Waals surface area (Å²) in [5, 5.41) is 24.3.